The number of aryl methyl sites for hydroxylation is 1. The van der Waals surface area contributed by atoms with E-state index in [1.165, 1.54) is 0 Å². The molecule has 2 heterocycles. The lowest BCUT2D eigenvalue weighted by molar-refractivity contribution is -0.133. The number of carbonyl (C=O) groups is 1. The van der Waals surface area contributed by atoms with Crippen LogP contribution in [0.2, 0.25) is 0 Å². The molecule has 0 radical (unpaired) electrons. The van der Waals surface area contributed by atoms with Crippen LogP contribution in [-0.4, -0.2) is 39.1 Å². The summed E-state index contributed by atoms with van der Waals surface area (Å²) in [6.45, 7) is 6.10. The number of aromatic amines is 1. The number of nitrogens with one attached hydrogen (secondary N) is 1. The second-order valence-corrected chi connectivity index (χ2v) is 5.74. The smallest absolute Gasteiger partial charge is 0.222 e. The molecular weight excluding hydrogens is 240 g/mol. The van der Waals surface area contributed by atoms with Gasteiger partial charge in [-0.05, 0) is 25.2 Å². The van der Waals surface area contributed by atoms with E-state index in [-0.39, 0.29) is 0 Å². The van der Waals surface area contributed by atoms with Crippen LogP contribution in [0.1, 0.15) is 51.2 Å². The zero-order valence-corrected chi connectivity index (χ0v) is 12.0. The van der Waals surface area contributed by atoms with Crippen molar-refractivity contribution in [1.29, 1.82) is 0 Å². The minimum absolute atomic E-state index is 0.307. The number of carbonyl (C=O) groups excluding carboxylic acids is 1. The highest BCUT2D eigenvalue weighted by molar-refractivity contribution is 5.76. The van der Waals surface area contributed by atoms with E-state index in [2.05, 4.69) is 29.0 Å². The molecule has 19 heavy (non-hydrogen) atoms. The van der Waals surface area contributed by atoms with E-state index in [0.29, 0.717) is 11.8 Å². The lowest BCUT2D eigenvalue weighted by Crippen LogP contribution is -2.36. The van der Waals surface area contributed by atoms with Crippen LogP contribution in [-0.2, 0) is 17.6 Å². The van der Waals surface area contributed by atoms with Gasteiger partial charge in [0, 0.05) is 32.4 Å². The molecule has 0 spiro atoms. The zero-order chi connectivity index (χ0) is 13.7. The highest BCUT2D eigenvalue weighted by Gasteiger charge is 2.17. The number of likely N-dealkylation sites (tertiary alicyclic amines) is 1. The van der Waals surface area contributed by atoms with Gasteiger partial charge in [0.05, 0.1) is 0 Å². The van der Waals surface area contributed by atoms with Crippen molar-refractivity contribution in [2.75, 3.05) is 13.1 Å². The molecule has 1 fully saturated rings. The molecule has 5 heteroatoms. The summed E-state index contributed by atoms with van der Waals surface area (Å²) in [6, 6.07) is 0. The normalized spacial score (nSPS) is 16.4. The Morgan fingerprint density at radius 3 is 2.95 bits per heavy atom. The summed E-state index contributed by atoms with van der Waals surface area (Å²) in [6.07, 6.45) is 5.65. The van der Waals surface area contributed by atoms with Crippen molar-refractivity contribution in [3.63, 3.8) is 0 Å². The van der Waals surface area contributed by atoms with Gasteiger partial charge < -0.3 is 4.90 Å². The molecule has 0 saturated carbocycles. The van der Waals surface area contributed by atoms with Crippen LogP contribution in [0.3, 0.4) is 0 Å². The van der Waals surface area contributed by atoms with Crippen molar-refractivity contribution in [2.45, 2.75) is 52.4 Å². The molecular formula is C14H24N4O. The molecule has 0 aromatic carbocycles. The highest BCUT2D eigenvalue weighted by atomic mass is 16.2. The number of hydrogen-bond donors (Lipinski definition) is 1. The van der Waals surface area contributed by atoms with Gasteiger partial charge in [0.2, 0.25) is 5.91 Å². The maximum atomic E-state index is 11.7. The van der Waals surface area contributed by atoms with Gasteiger partial charge in [0.1, 0.15) is 5.82 Å². The first-order valence-corrected chi connectivity index (χ1v) is 7.33. The van der Waals surface area contributed by atoms with Crippen molar-refractivity contribution in [3.05, 3.63) is 11.6 Å². The zero-order valence-electron chi connectivity index (χ0n) is 12.0. The third kappa shape index (κ3) is 4.33. The summed E-state index contributed by atoms with van der Waals surface area (Å²) in [5.74, 6) is 2.74. The van der Waals surface area contributed by atoms with Crippen molar-refractivity contribution in [2.24, 2.45) is 5.92 Å². The molecule has 1 aromatic heterocycles. The molecule has 0 aliphatic carbocycles. The molecule has 1 aliphatic rings. The molecule has 1 amide bonds. The van der Waals surface area contributed by atoms with Crippen molar-refractivity contribution in [1.82, 2.24) is 20.1 Å². The first-order valence-electron chi connectivity index (χ1n) is 7.33. The quantitative estimate of drug-likeness (QED) is 0.854. The van der Waals surface area contributed by atoms with Gasteiger partial charge in [-0.2, -0.15) is 5.10 Å². The first kappa shape index (κ1) is 14.0. The van der Waals surface area contributed by atoms with Gasteiger partial charge in [-0.1, -0.05) is 13.8 Å². The molecule has 0 unspecified atom stereocenters. The van der Waals surface area contributed by atoms with Gasteiger partial charge in [-0.3, -0.25) is 9.89 Å². The fourth-order valence-electron chi connectivity index (χ4n) is 2.45. The average molecular weight is 264 g/mol. The van der Waals surface area contributed by atoms with Crippen LogP contribution >= 0.6 is 0 Å². The van der Waals surface area contributed by atoms with E-state index in [0.717, 1.165) is 63.3 Å². The summed E-state index contributed by atoms with van der Waals surface area (Å²) in [5.41, 5.74) is 0. The molecule has 0 bridgehead atoms. The fourth-order valence-corrected chi connectivity index (χ4v) is 2.45. The predicted octanol–water partition coefficient (Wildman–Crippen LogP) is 1.95. The average Bonchev–Trinajstić information content (AvgIpc) is 2.78. The second-order valence-electron chi connectivity index (χ2n) is 5.74. The summed E-state index contributed by atoms with van der Waals surface area (Å²) in [5, 5.41) is 7.22. The van der Waals surface area contributed by atoms with Crippen LogP contribution in [0.25, 0.3) is 0 Å². The van der Waals surface area contributed by atoms with E-state index in [4.69, 9.17) is 0 Å². The highest BCUT2D eigenvalue weighted by Crippen LogP contribution is 2.11. The van der Waals surface area contributed by atoms with Crippen LogP contribution in [0.5, 0.6) is 0 Å². The van der Waals surface area contributed by atoms with Gasteiger partial charge in [0.25, 0.3) is 0 Å². The monoisotopic (exact) mass is 264 g/mol. The number of amides is 1. The third-order valence-corrected chi connectivity index (χ3v) is 3.43. The minimum atomic E-state index is 0.307. The van der Waals surface area contributed by atoms with Crippen molar-refractivity contribution < 1.29 is 4.79 Å². The van der Waals surface area contributed by atoms with Crippen LogP contribution < -0.4 is 0 Å². The topological polar surface area (TPSA) is 61.9 Å². The number of piperidine rings is 1. The molecule has 2 rings (SSSR count). The van der Waals surface area contributed by atoms with Gasteiger partial charge in [-0.25, -0.2) is 4.98 Å². The Bertz CT molecular complexity index is 413. The van der Waals surface area contributed by atoms with Crippen molar-refractivity contribution >= 4 is 5.91 Å². The van der Waals surface area contributed by atoms with E-state index in [9.17, 15) is 4.79 Å². The van der Waals surface area contributed by atoms with Gasteiger partial charge >= 0.3 is 0 Å². The summed E-state index contributed by atoms with van der Waals surface area (Å²) in [4.78, 5) is 18.1. The molecule has 1 aliphatic heterocycles. The summed E-state index contributed by atoms with van der Waals surface area (Å²) < 4.78 is 0. The van der Waals surface area contributed by atoms with Gasteiger partial charge in [0.15, 0.2) is 5.82 Å². The maximum Gasteiger partial charge on any atom is 0.222 e. The minimum Gasteiger partial charge on any atom is -0.343 e. The number of H-pyrrole nitrogens is 1. The molecule has 5 nitrogen and oxygen atoms in total. The predicted molar refractivity (Wildman–Crippen MR) is 73.7 cm³/mol. The Morgan fingerprint density at radius 2 is 2.21 bits per heavy atom. The first-order chi connectivity index (χ1) is 9.15. The standard InChI is InChI=1S/C14H24N4O/c1-11(2)10-13-15-12(16-17-13)6-5-9-18-8-4-3-7-14(18)19/h11H,3-10H2,1-2H3,(H,15,16,17). The Balaban J connectivity index is 1.73. The van der Waals surface area contributed by atoms with E-state index < -0.39 is 0 Å². The molecule has 1 saturated heterocycles. The number of nitrogens with zero attached hydrogens (tertiary/aromatic N) is 3. The van der Waals surface area contributed by atoms with Crippen LogP contribution in [0, 0.1) is 5.92 Å². The Kier molecular flexibility index (Phi) is 4.93. The van der Waals surface area contributed by atoms with E-state index in [1.54, 1.807) is 0 Å². The van der Waals surface area contributed by atoms with Crippen LogP contribution in [0.4, 0.5) is 0 Å². The van der Waals surface area contributed by atoms with Crippen LogP contribution in [0.15, 0.2) is 0 Å². The second kappa shape index (κ2) is 6.68. The molecule has 0 atom stereocenters. The maximum absolute atomic E-state index is 11.7. The van der Waals surface area contributed by atoms with Gasteiger partial charge in [-0.15, -0.1) is 0 Å². The van der Waals surface area contributed by atoms with E-state index in [1.807, 2.05) is 4.90 Å². The SMILES string of the molecule is CC(C)Cc1nc(CCCN2CCCCC2=O)n[nH]1. The molecule has 106 valence electrons. The van der Waals surface area contributed by atoms with E-state index >= 15 is 0 Å². The Labute approximate surface area is 114 Å². The Morgan fingerprint density at radius 1 is 1.37 bits per heavy atom. The number of hydrogen-bond acceptors (Lipinski definition) is 3. The fraction of sp³-hybridized carbons (Fsp3) is 0.786. The molecule has 1 N–H and O–H groups in total. The lowest BCUT2D eigenvalue weighted by atomic mass is 10.1. The number of rotatable bonds is 6. The Hall–Kier alpha value is -1.39. The summed E-state index contributed by atoms with van der Waals surface area (Å²) >= 11 is 0. The lowest BCUT2D eigenvalue weighted by Gasteiger charge is -2.26. The third-order valence-electron chi connectivity index (χ3n) is 3.43. The molecule has 1 aromatic rings. The largest absolute Gasteiger partial charge is 0.343 e. The van der Waals surface area contributed by atoms with Crippen molar-refractivity contribution in [3.8, 4) is 0 Å². The summed E-state index contributed by atoms with van der Waals surface area (Å²) in [7, 11) is 0. The number of aromatic nitrogens is 3.